The minimum Gasteiger partial charge on any atom is -0.294 e. The summed E-state index contributed by atoms with van der Waals surface area (Å²) in [6, 6.07) is 5.94. The monoisotopic (exact) mass is 406 g/mol. The van der Waals surface area contributed by atoms with Crippen LogP contribution in [-0.4, -0.2) is 5.78 Å². The van der Waals surface area contributed by atoms with E-state index in [1.54, 1.807) is 0 Å². The lowest BCUT2D eigenvalue weighted by atomic mass is 9.85. The maximum absolute atomic E-state index is 12.3. The van der Waals surface area contributed by atoms with E-state index in [1.807, 2.05) is 18.2 Å². The van der Waals surface area contributed by atoms with Gasteiger partial charge in [0.05, 0.1) is 0 Å². The summed E-state index contributed by atoms with van der Waals surface area (Å²) >= 11 is 5.68. The molecular formula is C14H16BrIO. The zero-order valence-corrected chi connectivity index (χ0v) is 13.5. The second-order valence-corrected chi connectivity index (χ2v) is 6.83. The zero-order valence-electron chi connectivity index (χ0n) is 9.72. The maximum atomic E-state index is 12.3. The molecule has 1 nitrogen and oxygen atoms in total. The largest absolute Gasteiger partial charge is 0.294 e. The summed E-state index contributed by atoms with van der Waals surface area (Å²) in [5.41, 5.74) is 0.880. The van der Waals surface area contributed by atoms with Gasteiger partial charge >= 0.3 is 0 Å². The first-order valence-electron chi connectivity index (χ1n) is 6.15. The third kappa shape index (κ3) is 3.78. The molecule has 0 atom stereocenters. The average molecular weight is 407 g/mol. The normalized spacial score (nSPS) is 17.1. The first-order chi connectivity index (χ1) is 8.16. The van der Waals surface area contributed by atoms with Crippen molar-refractivity contribution in [2.45, 2.75) is 38.5 Å². The fourth-order valence-electron chi connectivity index (χ4n) is 2.47. The van der Waals surface area contributed by atoms with E-state index in [-0.39, 0.29) is 0 Å². The van der Waals surface area contributed by atoms with Crippen LogP contribution in [-0.2, 0) is 0 Å². The molecule has 1 aliphatic rings. The predicted octanol–water partition coefficient (Wildman–Crippen LogP) is 5.21. The van der Waals surface area contributed by atoms with E-state index in [1.165, 1.54) is 32.1 Å². The Labute approximate surface area is 125 Å². The highest BCUT2D eigenvalue weighted by atomic mass is 127. The molecule has 3 heteroatoms. The molecule has 0 amide bonds. The van der Waals surface area contributed by atoms with Crippen LogP contribution in [0.25, 0.3) is 0 Å². The fourth-order valence-corrected chi connectivity index (χ4v) is 3.47. The van der Waals surface area contributed by atoms with Crippen molar-refractivity contribution in [1.29, 1.82) is 0 Å². The number of rotatable bonds is 3. The van der Waals surface area contributed by atoms with Crippen LogP contribution < -0.4 is 0 Å². The van der Waals surface area contributed by atoms with Crippen molar-refractivity contribution in [2.24, 2.45) is 5.92 Å². The molecule has 2 rings (SSSR count). The molecule has 0 radical (unpaired) electrons. The minimum absolute atomic E-state index is 0.308. The van der Waals surface area contributed by atoms with Gasteiger partial charge in [-0.1, -0.05) is 48.0 Å². The Hall–Kier alpha value is 0.1000. The Bertz CT molecular complexity index is 411. The van der Waals surface area contributed by atoms with Gasteiger partial charge in [-0.15, -0.1) is 0 Å². The number of halogens is 2. The van der Waals surface area contributed by atoms with Crippen molar-refractivity contribution in [3.63, 3.8) is 0 Å². The van der Waals surface area contributed by atoms with Gasteiger partial charge < -0.3 is 0 Å². The summed E-state index contributed by atoms with van der Waals surface area (Å²) in [4.78, 5) is 12.3. The van der Waals surface area contributed by atoms with E-state index >= 15 is 0 Å². The quantitative estimate of drug-likeness (QED) is 0.497. The zero-order chi connectivity index (χ0) is 12.3. The van der Waals surface area contributed by atoms with E-state index in [0.29, 0.717) is 11.7 Å². The number of carbonyl (C=O) groups is 1. The first kappa shape index (κ1) is 13.5. The molecule has 0 spiro atoms. The number of benzene rings is 1. The summed E-state index contributed by atoms with van der Waals surface area (Å²) in [6.45, 7) is 0. The van der Waals surface area contributed by atoms with Gasteiger partial charge in [-0.05, 0) is 46.7 Å². The second-order valence-electron chi connectivity index (χ2n) is 4.76. The number of hydrogen-bond donors (Lipinski definition) is 0. The first-order valence-corrected chi connectivity index (χ1v) is 8.02. The maximum Gasteiger partial charge on any atom is 0.164 e. The molecule has 1 aliphatic carbocycles. The molecule has 1 aromatic carbocycles. The van der Waals surface area contributed by atoms with E-state index < -0.39 is 0 Å². The lowest BCUT2D eigenvalue weighted by molar-refractivity contribution is 0.0949. The van der Waals surface area contributed by atoms with Crippen molar-refractivity contribution in [3.05, 3.63) is 31.8 Å². The van der Waals surface area contributed by atoms with Gasteiger partial charge in [0.15, 0.2) is 5.78 Å². The van der Waals surface area contributed by atoms with Crippen LogP contribution in [0.3, 0.4) is 0 Å². The predicted molar refractivity (Wildman–Crippen MR) is 82.4 cm³/mol. The van der Waals surface area contributed by atoms with Crippen LogP contribution in [0, 0.1) is 9.49 Å². The number of ketones is 1. The molecule has 0 aliphatic heterocycles. The third-order valence-electron chi connectivity index (χ3n) is 3.43. The van der Waals surface area contributed by atoms with Gasteiger partial charge in [-0.3, -0.25) is 4.79 Å². The van der Waals surface area contributed by atoms with Crippen molar-refractivity contribution in [2.75, 3.05) is 0 Å². The van der Waals surface area contributed by atoms with Gasteiger partial charge in [-0.25, -0.2) is 0 Å². The Balaban J connectivity index is 2.05. The summed E-state index contributed by atoms with van der Waals surface area (Å²) in [6.07, 6.45) is 7.14. The highest BCUT2D eigenvalue weighted by Crippen LogP contribution is 2.29. The molecule has 0 unspecified atom stereocenters. The van der Waals surface area contributed by atoms with Gasteiger partial charge in [0, 0.05) is 20.0 Å². The Morgan fingerprint density at radius 2 is 2.00 bits per heavy atom. The van der Waals surface area contributed by atoms with Crippen LogP contribution in [0.5, 0.6) is 0 Å². The smallest absolute Gasteiger partial charge is 0.164 e. The lowest BCUT2D eigenvalue weighted by Gasteiger charge is -2.20. The topological polar surface area (TPSA) is 17.1 Å². The van der Waals surface area contributed by atoms with Crippen LogP contribution in [0.15, 0.2) is 22.7 Å². The van der Waals surface area contributed by atoms with Crippen LogP contribution in [0.2, 0.25) is 0 Å². The van der Waals surface area contributed by atoms with Gasteiger partial charge in [0.1, 0.15) is 0 Å². The standard InChI is InChI=1S/C14H16BrIO/c15-11-6-7-13(16)12(9-11)14(17)8-10-4-2-1-3-5-10/h6-7,9-10H,1-5,8H2. The van der Waals surface area contributed by atoms with Crippen LogP contribution in [0.4, 0.5) is 0 Å². The van der Waals surface area contributed by atoms with Crippen molar-refractivity contribution in [3.8, 4) is 0 Å². The van der Waals surface area contributed by atoms with E-state index in [9.17, 15) is 4.79 Å². The van der Waals surface area contributed by atoms with Gasteiger partial charge in [0.25, 0.3) is 0 Å². The summed E-state index contributed by atoms with van der Waals surface area (Å²) < 4.78 is 2.05. The molecule has 1 fully saturated rings. The second kappa shape index (κ2) is 6.32. The molecule has 0 saturated heterocycles. The molecule has 0 heterocycles. The number of carbonyl (C=O) groups excluding carboxylic acids is 1. The molecule has 1 saturated carbocycles. The number of Topliss-reactive ketones (excluding diaryl/α,β-unsaturated/α-hetero) is 1. The lowest BCUT2D eigenvalue weighted by Crippen LogP contribution is -2.13. The van der Waals surface area contributed by atoms with Crippen molar-refractivity contribution in [1.82, 2.24) is 0 Å². The Morgan fingerprint density at radius 3 is 2.71 bits per heavy atom. The Kier molecular flexibility index (Phi) is 5.03. The van der Waals surface area contributed by atoms with Crippen LogP contribution >= 0.6 is 38.5 Å². The SMILES string of the molecule is O=C(CC1CCCCC1)c1cc(Br)ccc1I. The van der Waals surface area contributed by atoms with Gasteiger partial charge in [0.2, 0.25) is 0 Å². The molecule has 0 bridgehead atoms. The highest BCUT2D eigenvalue weighted by molar-refractivity contribution is 14.1. The molecular weight excluding hydrogens is 391 g/mol. The summed E-state index contributed by atoms with van der Waals surface area (Å²) in [7, 11) is 0. The third-order valence-corrected chi connectivity index (χ3v) is 4.86. The summed E-state index contributed by atoms with van der Waals surface area (Å²) in [5.74, 6) is 0.925. The molecule has 17 heavy (non-hydrogen) atoms. The minimum atomic E-state index is 0.308. The molecule has 0 aromatic heterocycles. The van der Waals surface area contributed by atoms with Crippen molar-refractivity contribution >= 4 is 44.3 Å². The van der Waals surface area contributed by atoms with Crippen LogP contribution in [0.1, 0.15) is 48.9 Å². The van der Waals surface area contributed by atoms with Gasteiger partial charge in [-0.2, -0.15) is 0 Å². The average Bonchev–Trinajstić information content (AvgIpc) is 2.33. The van der Waals surface area contributed by atoms with E-state index in [0.717, 1.165) is 20.0 Å². The van der Waals surface area contributed by atoms with Crippen molar-refractivity contribution < 1.29 is 4.79 Å². The molecule has 0 N–H and O–H groups in total. The molecule has 1 aromatic rings. The fraction of sp³-hybridized carbons (Fsp3) is 0.500. The summed E-state index contributed by atoms with van der Waals surface area (Å²) in [5, 5.41) is 0. The van der Waals surface area contributed by atoms with E-state index in [4.69, 9.17) is 0 Å². The molecule has 92 valence electrons. The van der Waals surface area contributed by atoms with E-state index in [2.05, 4.69) is 38.5 Å². The highest BCUT2D eigenvalue weighted by Gasteiger charge is 2.19. The number of hydrogen-bond acceptors (Lipinski definition) is 1. The Morgan fingerprint density at radius 1 is 1.29 bits per heavy atom.